The van der Waals surface area contributed by atoms with Crippen molar-refractivity contribution in [2.24, 2.45) is 0 Å². The summed E-state index contributed by atoms with van der Waals surface area (Å²) in [5, 5.41) is 3.16. The number of carbonyl (C=O) groups is 1. The van der Waals surface area contributed by atoms with Crippen LogP contribution in [0.4, 0.5) is 0 Å². The molecular formula is C8H16N2O. The smallest absolute Gasteiger partial charge is 0.243 e. The van der Waals surface area contributed by atoms with Crippen LogP contribution in [-0.2, 0) is 4.79 Å². The highest BCUT2D eigenvalue weighted by molar-refractivity contribution is 5.87. The molecule has 3 nitrogen and oxygen atoms in total. The maximum absolute atomic E-state index is 11.5. The topological polar surface area (TPSA) is 32.3 Å². The van der Waals surface area contributed by atoms with Gasteiger partial charge >= 0.3 is 0 Å². The fourth-order valence-corrected chi connectivity index (χ4v) is 1.29. The highest BCUT2D eigenvalue weighted by Gasteiger charge is 2.37. The molecule has 0 aromatic carbocycles. The maximum Gasteiger partial charge on any atom is 0.243 e. The highest BCUT2D eigenvalue weighted by Crippen LogP contribution is 2.14. The van der Waals surface area contributed by atoms with Crippen molar-refractivity contribution in [3.05, 3.63) is 0 Å². The van der Waals surface area contributed by atoms with E-state index in [0.29, 0.717) is 6.67 Å². The maximum atomic E-state index is 11.5. The Bertz CT molecular complexity index is 165. The van der Waals surface area contributed by atoms with Gasteiger partial charge in [0.15, 0.2) is 0 Å². The molecule has 0 spiro atoms. The van der Waals surface area contributed by atoms with Crippen LogP contribution in [0.1, 0.15) is 27.2 Å². The molecule has 0 saturated carbocycles. The van der Waals surface area contributed by atoms with Gasteiger partial charge in [-0.3, -0.25) is 10.1 Å². The predicted molar refractivity (Wildman–Crippen MR) is 44.1 cm³/mol. The standard InChI is InChI=1S/C8H16N2O/c1-4-5-10-6-9-8(2,3)7(10)11/h9H,4-6H2,1-3H3. The zero-order valence-electron chi connectivity index (χ0n) is 7.48. The van der Waals surface area contributed by atoms with Crippen LogP contribution in [0, 0.1) is 0 Å². The lowest BCUT2D eigenvalue weighted by Crippen LogP contribution is -2.40. The Hall–Kier alpha value is -0.570. The Morgan fingerprint density at radius 3 is 2.64 bits per heavy atom. The van der Waals surface area contributed by atoms with E-state index in [9.17, 15) is 4.79 Å². The van der Waals surface area contributed by atoms with Crippen molar-refractivity contribution in [3.8, 4) is 0 Å². The second kappa shape index (κ2) is 2.81. The van der Waals surface area contributed by atoms with Crippen molar-refractivity contribution in [3.63, 3.8) is 0 Å². The SMILES string of the molecule is CCCN1CNC(C)(C)C1=O. The number of nitrogens with zero attached hydrogens (tertiary/aromatic N) is 1. The Kier molecular flexibility index (Phi) is 2.18. The minimum absolute atomic E-state index is 0.222. The number of carbonyl (C=O) groups excluding carboxylic acids is 1. The first kappa shape index (κ1) is 8.53. The molecule has 0 bridgehead atoms. The van der Waals surface area contributed by atoms with Crippen LogP contribution in [0.2, 0.25) is 0 Å². The van der Waals surface area contributed by atoms with Gasteiger partial charge in [0.25, 0.3) is 0 Å². The van der Waals surface area contributed by atoms with E-state index >= 15 is 0 Å². The van der Waals surface area contributed by atoms with Crippen LogP contribution in [0.15, 0.2) is 0 Å². The Morgan fingerprint density at radius 2 is 2.27 bits per heavy atom. The molecule has 0 aromatic rings. The summed E-state index contributed by atoms with van der Waals surface area (Å²) in [6.07, 6.45) is 1.03. The van der Waals surface area contributed by atoms with Gasteiger partial charge in [-0.2, -0.15) is 0 Å². The number of hydrogen-bond acceptors (Lipinski definition) is 2. The van der Waals surface area contributed by atoms with Gasteiger partial charge in [0.1, 0.15) is 0 Å². The molecule has 0 unspecified atom stereocenters. The van der Waals surface area contributed by atoms with Gasteiger partial charge in [-0.05, 0) is 20.3 Å². The lowest BCUT2D eigenvalue weighted by atomic mass is 10.1. The molecule has 1 saturated heterocycles. The van der Waals surface area contributed by atoms with Crippen LogP contribution >= 0.6 is 0 Å². The van der Waals surface area contributed by atoms with E-state index in [0.717, 1.165) is 13.0 Å². The molecule has 1 heterocycles. The molecule has 1 amide bonds. The summed E-state index contributed by atoms with van der Waals surface area (Å²) in [5.41, 5.74) is -0.338. The van der Waals surface area contributed by atoms with Gasteiger partial charge in [-0.1, -0.05) is 6.92 Å². The highest BCUT2D eigenvalue weighted by atomic mass is 16.2. The molecule has 11 heavy (non-hydrogen) atoms. The lowest BCUT2D eigenvalue weighted by molar-refractivity contribution is -0.131. The van der Waals surface area contributed by atoms with Crippen LogP contribution in [0.3, 0.4) is 0 Å². The van der Waals surface area contributed by atoms with E-state index in [1.165, 1.54) is 0 Å². The third-order valence-electron chi connectivity index (χ3n) is 2.03. The summed E-state index contributed by atoms with van der Waals surface area (Å²) in [6, 6.07) is 0. The van der Waals surface area contributed by atoms with Gasteiger partial charge in [-0.25, -0.2) is 0 Å². The molecule has 1 aliphatic heterocycles. The van der Waals surface area contributed by atoms with Crippen LogP contribution in [0.25, 0.3) is 0 Å². The molecule has 0 atom stereocenters. The average Bonchev–Trinajstić information content (AvgIpc) is 2.17. The molecule has 1 N–H and O–H groups in total. The number of rotatable bonds is 2. The predicted octanol–water partition coefficient (Wildman–Crippen LogP) is 0.564. The van der Waals surface area contributed by atoms with Crippen molar-refractivity contribution in [2.45, 2.75) is 32.7 Å². The van der Waals surface area contributed by atoms with Crippen LogP contribution in [0.5, 0.6) is 0 Å². The molecule has 0 aliphatic carbocycles. The van der Waals surface area contributed by atoms with E-state index in [1.807, 2.05) is 18.7 Å². The zero-order valence-corrected chi connectivity index (χ0v) is 7.48. The van der Waals surface area contributed by atoms with Gasteiger partial charge in [0, 0.05) is 6.54 Å². The number of amides is 1. The normalized spacial score (nSPS) is 22.8. The quantitative estimate of drug-likeness (QED) is 0.633. The monoisotopic (exact) mass is 156 g/mol. The first-order valence-electron chi connectivity index (χ1n) is 4.12. The fourth-order valence-electron chi connectivity index (χ4n) is 1.29. The van der Waals surface area contributed by atoms with Gasteiger partial charge < -0.3 is 4.90 Å². The van der Waals surface area contributed by atoms with Crippen molar-refractivity contribution in [1.82, 2.24) is 10.2 Å². The Labute approximate surface area is 67.8 Å². The van der Waals surface area contributed by atoms with E-state index < -0.39 is 0 Å². The summed E-state index contributed by atoms with van der Waals surface area (Å²) in [6.45, 7) is 7.50. The van der Waals surface area contributed by atoms with Crippen LogP contribution in [-0.4, -0.2) is 29.6 Å². The summed E-state index contributed by atoms with van der Waals surface area (Å²) < 4.78 is 0. The van der Waals surface area contributed by atoms with Crippen molar-refractivity contribution in [2.75, 3.05) is 13.2 Å². The molecule has 1 fully saturated rings. The van der Waals surface area contributed by atoms with E-state index in [2.05, 4.69) is 12.2 Å². The second-order valence-corrected chi connectivity index (χ2v) is 3.53. The first-order valence-corrected chi connectivity index (χ1v) is 4.12. The number of nitrogens with one attached hydrogen (secondary N) is 1. The zero-order chi connectivity index (χ0) is 8.48. The molecule has 3 heteroatoms. The Balaban J connectivity index is 2.56. The summed E-state index contributed by atoms with van der Waals surface area (Å²) in [7, 11) is 0. The summed E-state index contributed by atoms with van der Waals surface area (Å²) >= 11 is 0. The minimum atomic E-state index is -0.338. The Morgan fingerprint density at radius 1 is 1.64 bits per heavy atom. The second-order valence-electron chi connectivity index (χ2n) is 3.53. The average molecular weight is 156 g/mol. The van der Waals surface area contributed by atoms with E-state index in [4.69, 9.17) is 0 Å². The largest absolute Gasteiger partial charge is 0.328 e. The summed E-state index contributed by atoms with van der Waals surface area (Å²) in [4.78, 5) is 13.3. The van der Waals surface area contributed by atoms with Crippen molar-refractivity contribution in [1.29, 1.82) is 0 Å². The summed E-state index contributed by atoms with van der Waals surface area (Å²) in [5.74, 6) is 0.222. The third-order valence-corrected chi connectivity index (χ3v) is 2.03. The van der Waals surface area contributed by atoms with Crippen molar-refractivity contribution < 1.29 is 4.79 Å². The van der Waals surface area contributed by atoms with E-state index in [1.54, 1.807) is 0 Å². The van der Waals surface area contributed by atoms with Crippen molar-refractivity contribution >= 4 is 5.91 Å². The third kappa shape index (κ3) is 1.53. The van der Waals surface area contributed by atoms with Gasteiger partial charge in [-0.15, -0.1) is 0 Å². The molecule has 0 radical (unpaired) electrons. The fraction of sp³-hybridized carbons (Fsp3) is 0.875. The molecule has 64 valence electrons. The molecule has 0 aromatic heterocycles. The minimum Gasteiger partial charge on any atom is -0.328 e. The van der Waals surface area contributed by atoms with Gasteiger partial charge in [0.2, 0.25) is 5.91 Å². The molecule has 1 rings (SSSR count). The van der Waals surface area contributed by atoms with E-state index in [-0.39, 0.29) is 11.4 Å². The number of hydrogen-bond donors (Lipinski definition) is 1. The first-order chi connectivity index (χ1) is 5.08. The molecular weight excluding hydrogens is 140 g/mol. The van der Waals surface area contributed by atoms with Crippen LogP contribution < -0.4 is 5.32 Å². The lowest BCUT2D eigenvalue weighted by Gasteiger charge is -2.16. The molecule has 1 aliphatic rings. The van der Waals surface area contributed by atoms with Gasteiger partial charge in [0.05, 0.1) is 12.2 Å².